The van der Waals surface area contributed by atoms with E-state index < -0.39 is 0 Å². The molecule has 0 unspecified atom stereocenters. The lowest BCUT2D eigenvalue weighted by molar-refractivity contribution is -0.138. The Morgan fingerprint density at radius 1 is 1.32 bits per heavy atom. The van der Waals surface area contributed by atoms with Crippen LogP contribution in [0.1, 0.15) is 32.8 Å². The van der Waals surface area contributed by atoms with Gasteiger partial charge in [-0.3, -0.25) is 4.90 Å². The van der Waals surface area contributed by atoms with E-state index in [0.717, 1.165) is 13.0 Å². The van der Waals surface area contributed by atoms with E-state index in [9.17, 15) is 4.79 Å². The van der Waals surface area contributed by atoms with Crippen LogP contribution in [0.4, 0.5) is 0 Å². The SMILES string of the molecule is C=CCC(C)(C)N(CC(=C)C(=O)OCC)Cc1ccccc1. The van der Waals surface area contributed by atoms with Crippen molar-refractivity contribution in [1.82, 2.24) is 4.90 Å². The van der Waals surface area contributed by atoms with Crippen molar-refractivity contribution in [3.05, 3.63) is 60.7 Å². The maximum absolute atomic E-state index is 11.8. The molecule has 22 heavy (non-hydrogen) atoms. The Kier molecular flexibility index (Phi) is 7.06. The molecule has 1 aromatic rings. The quantitative estimate of drug-likeness (QED) is 0.393. The average molecular weight is 301 g/mol. The predicted molar refractivity (Wildman–Crippen MR) is 91.5 cm³/mol. The van der Waals surface area contributed by atoms with Gasteiger partial charge in [0.15, 0.2) is 0 Å². The van der Waals surface area contributed by atoms with Gasteiger partial charge in [-0.1, -0.05) is 43.0 Å². The molecule has 1 rings (SSSR count). The highest BCUT2D eigenvalue weighted by atomic mass is 16.5. The molecule has 0 atom stereocenters. The highest BCUT2D eigenvalue weighted by Crippen LogP contribution is 2.23. The standard InChI is InChI=1S/C19H27NO2/c1-6-13-19(4,5)20(14-16(3)18(21)22-7-2)15-17-11-9-8-10-12-17/h6,8-12H,1,3,7,13-15H2,2,4-5H3. The number of hydrogen-bond acceptors (Lipinski definition) is 3. The van der Waals surface area contributed by atoms with Gasteiger partial charge in [0.2, 0.25) is 0 Å². The van der Waals surface area contributed by atoms with Crippen molar-refractivity contribution in [2.45, 2.75) is 39.3 Å². The van der Waals surface area contributed by atoms with Crippen LogP contribution in [0, 0.1) is 0 Å². The summed E-state index contributed by atoms with van der Waals surface area (Å²) in [5.74, 6) is -0.324. The van der Waals surface area contributed by atoms with Crippen molar-refractivity contribution >= 4 is 5.97 Å². The van der Waals surface area contributed by atoms with E-state index in [-0.39, 0.29) is 11.5 Å². The van der Waals surface area contributed by atoms with Gasteiger partial charge in [-0.05, 0) is 32.8 Å². The minimum atomic E-state index is -0.324. The Labute approximate surface area is 134 Å². The van der Waals surface area contributed by atoms with Crippen LogP contribution in [0.25, 0.3) is 0 Å². The zero-order chi connectivity index (χ0) is 16.6. The highest BCUT2D eigenvalue weighted by Gasteiger charge is 2.27. The van der Waals surface area contributed by atoms with Gasteiger partial charge in [0.1, 0.15) is 0 Å². The first-order valence-electron chi connectivity index (χ1n) is 7.65. The molecule has 3 nitrogen and oxygen atoms in total. The monoisotopic (exact) mass is 301 g/mol. The lowest BCUT2D eigenvalue weighted by Crippen LogP contribution is -2.44. The first-order valence-corrected chi connectivity index (χ1v) is 7.65. The number of ether oxygens (including phenoxy) is 1. The molecule has 0 radical (unpaired) electrons. The van der Waals surface area contributed by atoms with Crippen molar-refractivity contribution in [1.29, 1.82) is 0 Å². The molecule has 0 aliphatic rings. The van der Waals surface area contributed by atoms with Crippen LogP contribution in [0.2, 0.25) is 0 Å². The summed E-state index contributed by atoms with van der Waals surface area (Å²) < 4.78 is 5.04. The summed E-state index contributed by atoms with van der Waals surface area (Å²) in [7, 11) is 0. The zero-order valence-electron chi connectivity index (χ0n) is 14.0. The van der Waals surface area contributed by atoms with Crippen LogP contribution in [-0.2, 0) is 16.1 Å². The second-order valence-electron chi connectivity index (χ2n) is 5.97. The van der Waals surface area contributed by atoms with Gasteiger partial charge in [-0.25, -0.2) is 4.79 Å². The Hall–Kier alpha value is -1.87. The van der Waals surface area contributed by atoms with Crippen LogP contribution >= 0.6 is 0 Å². The summed E-state index contributed by atoms with van der Waals surface area (Å²) in [4.78, 5) is 14.1. The van der Waals surface area contributed by atoms with Gasteiger partial charge in [0.25, 0.3) is 0 Å². The lowest BCUT2D eigenvalue weighted by atomic mass is 9.96. The number of rotatable bonds is 9. The van der Waals surface area contributed by atoms with Crippen LogP contribution < -0.4 is 0 Å². The van der Waals surface area contributed by atoms with E-state index in [0.29, 0.717) is 18.7 Å². The second-order valence-corrected chi connectivity index (χ2v) is 5.97. The van der Waals surface area contributed by atoms with Gasteiger partial charge >= 0.3 is 5.97 Å². The molecule has 0 N–H and O–H groups in total. The molecular formula is C19H27NO2. The number of carbonyl (C=O) groups is 1. The van der Waals surface area contributed by atoms with Crippen molar-refractivity contribution in [2.24, 2.45) is 0 Å². The molecular weight excluding hydrogens is 274 g/mol. The van der Waals surface area contributed by atoms with E-state index >= 15 is 0 Å². The van der Waals surface area contributed by atoms with E-state index in [1.54, 1.807) is 6.92 Å². The molecule has 120 valence electrons. The summed E-state index contributed by atoms with van der Waals surface area (Å²) in [5, 5.41) is 0. The zero-order valence-corrected chi connectivity index (χ0v) is 14.0. The smallest absolute Gasteiger partial charge is 0.334 e. The van der Waals surface area contributed by atoms with E-state index in [1.165, 1.54) is 5.56 Å². The molecule has 0 fully saturated rings. The largest absolute Gasteiger partial charge is 0.463 e. The first kappa shape index (κ1) is 18.2. The summed E-state index contributed by atoms with van der Waals surface area (Å²) in [6.07, 6.45) is 2.74. The van der Waals surface area contributed by atoms with Gasteiger partial charge in [0.05, 0.1) is 6.61 Å². The lowest BCUT2D eigenvalue weighted by Gasteiger charge is -2.38. The summed E-state index contributed by atoms with van der Waals surface area (Å²) in [5.41, 5.74) is 1.57. The molecule has 1 aromatic carbocycles. The first-order chi connectivity index (χ1) is 10.4. The van der Waals surface area contributed by atoms with Crippen molar-refractivity contribution in [3.8, 4) is 0 Å². The molecule has 0 spiro atoms. The second kappa shape index (κ2) is 8.54. The van der Waals surface area contributed by atoms with Gasteiger partial charge < -0.3 is 4.74 Å². The average Bonchev–Trinajstić information content (AvgIpc) is 2.47. The minimum absolute atomic E-state index is 0.118. The highest BCUT2D eigenvalue weighted by molar-refractivity contribution is 5.88. The van der Waals surface area contributed by atoms with Crippen LogP contribution in [0.3, 0.4) is 0 Å². The molecule has 0 aromatic heterocycles. The van der Waals surface area contributed by atoms with Crippen molar-refractivity contribution < 1.29 is 9.53 Å². The summed E-state index contributed by atoms with van der Waals surface area (Å²) >= 11 is 0. The number of hydrogen-bond donors (Lipinski definition) is 0. The van der Waals surface area contributed by atoms with Gasteiger partial charge in [-0.2, -0.15) is 0 Å². The van der Waals surface area contributed by atoms with Gasteiger partial charge in [0, 0.05) is 24.2 Å². The maximum Gasteiger partial charge on any atom is 0.334 e. The molecule has 0 saturated heterocycles. The van der Waals surface area contributed by atoms with Crippen molar-refractivity contribution in [2.75, 3.05) is 13.2 Å². The molecule has 0 bridgehead atoms. The summed E-state index contributed by atoms with van der Waals surface area (Å²) in [6.45, 7) is 15.4. The third kappa shape index (κ3) is 5.49. The molecule has 0 saturated carbocycles. The molecule has 0 aliphatic heterocycles. The summed E-state index contributed by atoms with van der Waals surface area (Å²) in [6, 6.07) is 10.2. The number of carbonyl (C=O) groups excluding carboxylic acids is 1. The fourth-order valence-corrected chi connectivity index (χ4v) is 2.30. The number of nitrogens with zero attached hydrogens (tertiary/aromatic N) is 1. The number of benzene rings is 1. The Balaban J connectivity index is 2.89. The van der Waals surface area contributed by atoms with Crippen LogP contribution in [0.15, 0.2) is 55.1 Å². The predicted octanol–water partition coefficient (Wildman–Crippen LogP) is 3.96. The molecule has 3 heteroatoms. The third-order valence-electron chi connectivity index (χ3n) is 3.66. The third-order valence-corrected chi connectivity index (χ3v) is 3.66. The van der Waals surface area contributed by atoms with E-state index in [2.05, 4.69) is 44.0 Å². The fourth-order valence-electron chi connectivity index (χ4n) is 2.30. The Bertz CT molecular complexity index is 505. The Morgan fingerprint density at radius 3 is 2.50 bits per heavy atom. The van der Waals surface area contributed by atoms with Crippen molar-refractivity contribution in [3.63, 3.8) is 0 Å². The molecule has 0 aliphatic carbocycles. The fraction of sp³-hybridized carbons (Fsp3) is 0.421. The maximum atomic E-state index is 11.8. The molecule has 0 amide bonds. The number of esters is 1. The normalized spacial score (nSPS) is 11.3. The van der Waals surface area contributed by atoms with Gasteiger partial charge in [-0.15, -0.1) is 6.58 Å². The molecule has 0 heterocycles. The Morgan fingerprint density at radius 2 is 1.95 bits per heavy atom. The topological polar surface area (TPSA) is 29.5 Å². The van der Waals surface area contributed by atoms with E-state index in [4.69, 9.17) is 4.74 Å². The van der Waals surface area contributed by atoms with E-state index in [1.807, 2.05) is 24.3 Å². The minimum Gasteiger partial charge on any atom is -0.463 e. The van der Waals surface area contributed by atoms with Crippen LogP contribution in [0.5, 0.6) is 0 Å². The van der Waals surface area contributed by atoms with Crippen LogP contribution in [-0.4, -0.2) is 29.6 Å².